The van der Waals surface area contributed by atoms with Crippen LogP contribution in [0.1, 0.15) is 16.7 Å². The van der Waals surface area contributed by atoms with Gasteiger partial charge >= 0.3 is 0 Å². The third-order valence-corrected chi connectivity index (χ3v) is 4.27. The van der Waals surface area contributed by atoms with Crippen LogP contribution in [0.25, 0.3) is 5.69 Å². The molecule has 1 aliphatic heterocycles. The molecule has 0 amide bonds. The van der Waals surface area contributed by atoms with E-state index in [4.69, 9.17) is 0 Å². The zero-order chi connectivity index (χ0) is 14.3. The molecule has 0 aliphatic carbocycles. The molecule has 0 bridgehead atoms. The number of benzene rings is 1. The summed E-state index contributed by atoms with van der Waals surface area (Å²) in [4.78, 5) is 0. The summed E-state index contributed by atoms with van der Waals surface area (Å²) in [5.41, 5.74) is 10.2. The van der Waals surface area contributed by atoms with E-state index in [-0.39, 0.29) is 0 Å². The molecule has 0 saturated heterocycles. The minimum atomic E-state index is 0.824. The monoisotopic (exact) mass is 382 g/mol. The first kappa shape index (κ1) is 13.4. The minimum Gasteiger partial charge on any atom is -0.274 e. The van der Waals surface area contributed by atoms with Crippen molar-refractivity contribution in [2.75, 3.05) is 7.05 Å². The summed E-state index contributed by atoms with van der Waals surface area (Å²) in [6.07, 6.45) is 1.84. The minimum absolute atomic E-state index is 0.824. The number of hydrazone groups is 1. The van der Waals surface area contributed by atoms with Gasteiger partial charge in [-0.1, -0.05) is 17.7 Å². The second kappa shape index (κ2) is 5.06. The van der Waals surface area contributed by atoms with Crippen molar-refractivity contribution in [2.24, 2.45) is 5.10 Å². The van der Waals surface area contributed by atoms with E-state index in [0.717, 1.165) is 20.8 Å². The molecule has 104 valence electrons. The molecule has 7 heteroatoms. The number of hydrogen-bond acceptors (Lipinski definition) is 5. The van der Waals surface area contributed by atoms with Gasteiger partial charge in [-0.25, -0.2) is 10.2 Å². The van der Waals surface area contributed by atoms with Gasteiger partial charge in [0.25, 0.3) is 0 Å². The Kier molecular flexibility index (Phi) is 3.38. The summed E-state index contributed by atoms with van der Waals surface area (Å²) >= 11 is 2.30. The second-order valence-corrected chi connectivity index (χ2v) is 5.79. The molecule has 0 fully saturated rings. The molecule has 0 unspecified atom stereocenters. The van der Waals surface area contributed by atoms with Gasteiger partial charge in [-0.3, -0.25) is 5.01 Å². The van der Waals surface area contributed by atoms with Gasteiger partial charge in [-0.15, -0.1) is 10.6 Å². The van der Waals surface area contributed by atoms with Crippen LogP contribution in [0.15, 0.2) is 29.5 Å². The summed E-state index contributed by atoms with van der Waals surface area (Å²) in [7, 11) is 1.91. The van der Waals surface area contributed by atoms with Gasteiger partial charge in [-0.2, -0.15) is 5.10 Å². The van der Waals surface area contributed by atoms with E-state index in [1.165, 1.54) is 11.1 Å². The van der Waals surface area contributed by atoms with Crippen molar-refractivity contribution >= 4 is 28.4 Å². The van der Waals surface area contributed by atoms with E-state index in [1.54, 1.807) is 0 Å². The number of nitrogens with zero attached hydrogens (tertiary/aromatic N) is 4. The molecule has 0 spiro atoms. The zero-order valence-electron chi connectivity index (χ0n) is 11.5. The van der Waals surface area contributed by atoms with Crippen molar-refractivity contribution in [1.82, 2.24) is 25.9 Å². The van der Waals surface area contributed by atoms with Crippen LogP contribution in [0, 0.1) is 17.5 Å². The molecule has 1 aliphatic rings. The maximum absolute atomic E-state index is 4.50. The Balaban J connectivity index is 2.06. The third-order valence-electron chi connectivity index (χ3n) is 3.23. The van der Waals surface area contributed by atoms with Gasteiger partial charge in [0.1, 0.15) is 3.70 Å². The van der Waals surface area contributed by atoms with Crippen molar-refractivity contribution in [3.63, 3.8) is 0 Å². The van der Waals surface area contributed by atoms with Gasteiger partial charge in [0.05, 0.1) is 17.4 Å². The van der Waals surface area contributed by atoms with Crippen LogP contribution >= 0.6 is 22.6 Å². The fraction of sp³-hybridized carbons (Fsp3) is 0.231. The van der Waals surface area contributed by atoms with Gasteiger partial charge in [0.2, 0.25) is 0 Å². The normalized spacial score (nSPS) is 14.4. The van der Waals surface area contributed by atoms with Crippen LogP contribution in [0.3, 0.4) is 0 Å². The van der Waals surface area contributed by atoms with Crippen LogP contribution in [0.2, 0.25) is 0 Å². The highest BCUT2D eigenvalue weighted by Crippen LogP contribution is 2.22. The van der Waals surface area contributed by atoms with Crippen LogP contribution in [-0.2, 0) is 0 Å². The quantitative estimate of drug-likeness (QED) is 0.777. The largest absolute Gasteiger partial charge is 0.274 e. The lowest BCUT2D eigenvalue weighted by Gasteiger charge is -2.12. The highest BCUT2D eigenvalue weighted by atomic mass is 127. The standard InChI is InChI=1S/C13H15IN6/c1-8-4-5-11(9(2)6-8)20-12(14)10(7-15-20)13-16-17-18-19(13)3/h4-7,17-18H,1-3H3. The smallest absolute Gasteiger partial charge is 0.177 e. The molecular weight excluding hydrogens is 367 g/mol. The summed E-state index contributed by atoms with van der Waals surface area (Å²) in [5.74, 6) is 0.824. The van der Waals surface area contributed by atoms with E-state index in [1.807, 2.05) is 22.9 Å². The lowest BCUT2D eigenvalue weighted by Crippen LogP contribution is -2.37. The average Bonchev–Trinajstić information content (AvgIpc) is 2.96. The van der Waals surface area contributed by atoms with Crippen molar-refractivity contribution in [2.45, 2.75) is 13.8 Å². The van der Waals surface area contributed by atoms with Crippen molar-refractivity contribution < 1.29 is 0 Å². The molecule has 20 heavy (non-hydrogen) atoms. The van der Waals surface area contributed by atoms with Crippen LogP contribution in [0.5, 0.6) is 0 Å². The van der Waals surface area contributed by atoms with E-state index in [2.05, 4.69) is 75.9 Å². The number of nitrogens with one attached hydrogen (secondary N) is 2. The lowest BCUT2D eigenvalue weighted by atomic mass is 10.1. The van der Waals surface area contributed by atoms with Crippen LogP contribution in [0.4, 0.5) is 0 Å². The Morgan fingerprint density at radius 2 is 2.05 bits per heavy atom. The van der Waals surface area contributed by atoms with Gasteiger partial charge < -0.3 is 0 Å². The maximum atomic E-state index is 4.50. The molecule has 2 heterocycles. The molecular formula is C13H15IN6. The fourth-order valence-electron chi connectivity index (χ4n) is 2.22. The first-order chi connectivity index (χ1) is 9.58. The van der Waals surface area contributed by atoms with E-state index >= 15 is 0 Å². The van der Waals surface area contributed by atoms with E-state index in [0.29, 0.717) is 0 Å². The van der Waals surface area contributed by atoms with Gasteiger partial charge in [0, 0.05) is 7.05 Å². The maximum Gasteiger partial charge on any atom is 0.177 e. The predicted octanol–water partition coefficient (Wildman–Crippen LogP) is 1.71. The highest BCUT2D eigenvalue weighted by molar-refractivity contribution is 14.1. The van der Waals surface area contributed by atoms with E-state index in [9.17, 15) is 0 Å². The number of rotatable bonds is 2. The average molecular weight is 382 g/mol. The van der Waals surface area contributed by atoms with Gasteiger partial charge in [-0.05, 0) is 48.1 Å². The Morgan fingerprint density at radius 1 is 1.25 bits per heavy atom. The fourth-order valence-corrected chi connectivity index (χ4v) is 2.98. The molecule has 6 nitrogen and oxygen atoms in total. The van der Waals surface area contributed by atoms with Crippen LogP contribution in [-0.4, -0.2) is 27.7 Å². The molecule has 0 saturated carbocycles. The molecule has 0 radical (unpaired) electrons. The molecule has 0 atom stereocenters. The molecule has 2 N–H and O–H groups in total. The van der Waals surface area contributed by atoms with Crippen molar-refractivity contribution in [1.29, 1.82) is 0 Å². The Morgan fingerprint density at radius 3 is 2.70 bits per heavy atom. The number of amidine groups is 1. The van der Waals surface area contributed by atoms with Crippen molar-refractivity contribution in [3.05, 3.63) is 44.8 Å². The number of hydrazine groups is 2. The van der Waals surface area contributed by atoms with Crippen LogP contribution < -0.4 is 11.1 Å². The number of aromatic nitrogens is 2. The molecule has 1 aromatic carbocycles. The lowest BCUT2D eigenvalue weighted by molar-refractivity contribution is 0.349. The first-order valence-corrected chi connectivity index (χ1v) is 7.29. The molecule has 2 aromatic rings. The summed E-state index contributed by atoms with van der Waals surface area (Å²) in [5, 5.41) is 10.5. The highest BCUT2D eigenvalue weighted by Gasteiger charge is 2.21. The van der Waals surface area contributed by atoms with E-state index < -0.39 is 0 Å². The number of aryl methyl sites for hydroxylation is 2. The number of hydrogen-bond donors (Lipinski definition) is 2. The summed E-state index contributed by atoms with van der Waals surface area (Å²) in [6, 6.07) is 6.36. The topological polar surface area (TPSA) is 57.5 Å². The summed E-state index contributed by atoms with van der Waals surface area (Å²) < 4.78 is 2.98. The molecule has 1 aromatic heterocycles. The molecule has 3 rings (SSSR count). The Labute approximate surface area is 130 Å². The summed E-state index contributed by atoms with van der Waals surface area (Å²) in [6.45, 7) is 4.19. The Bertz CT molecular complexity index is 690. The SMILES string of the molecule is Cc1ccc(-n2ncc(C3=NNNN3C)c2I)c(C)c1. The van der Waals surface area contributed by atoms with Gasteiger partial charge in [0.15, 0.2) is 5.84 Å². The Hall–Kier alpha value is -1.61. The second-order valence-electron chi connectivity index (χ2n) is 4.77. The number of halogens is 1. The third kappa shape index (κ3) is 2.16. The first-order valence-electron chi connectivity index (χ1n) is 6.21. The predicted molar refractivity (Wildman–Crippen MR) is 86.3 cm³/mol. The zero-order valence-corrected chi connectivity index (χ0v) is 13.6. The van der Waals surface area contributed by atoms with Crippen molar-refractivity contribution in [3.8, 4) is 5.69 Å².